The van der Waals surface area contributed by atoms with Crippen LogP contribution >= 0.6 is 23.2 Å². The Bertz CT molecular complexity index is 1180. The van der Waals surface area contributed by atoms with Gasteiger partial charge in [0.15, 0.2) is 0 Å². The van der Waals surface area contributed by atoms with Gasteiger partial charge in [-0.1, -0.05) is 41.4 Å². The molecule has 0 unspecified atom stereocenters. The summed E-state index contributed by atoms with van der Waals surface area (Å²) in [6.07, 6.45) is 1.39. The third-order valence-corrected chi connectivity index (χ3v) is 4.88. The van der Waals surface area contributed by atoms with Gasteiger partial charge in [-0.25, -0.2) is 9.78 Å². The number of benzene rings is 2. The van der Waals surface area contributed by atoms with Crippen molar-refractivity contribution in [1.82, 2.24) is 10.3 Å². The SMILES string of the molecule is C[C@H](NC(=O)c1cc(Cl)cnc1Oc1cccc(Cl)c1)c1ccc(C(=O)OOC(C)(C)C)cc1. The van der Waals surface area contributed by atoms with Crippen LogP contribution in [0, 0.1) is 0 Å². The molecule has 9 heteroatoms. The molecule has 178 valence electrons. The number of amides is 1. The number of nitrogens with one attached hydrogen (secondary N) is 1. The molecule has 2 aromatic carbocycles. The van der Waals surface area contributed by atoms with Crippen molar-refractivity contribution < 1.29 is 24.1 Å². The molecule has 3 rings (SSSR count). The van der Waals surface area contributed by atoms with Crippen LogP contribution in [-0.2, 0) is 9.78 Å². The van der Waals surface area contributed by atoms with E-state index in [-0.39, 0.29) is 22.5 Å². The van der Waals surface area contributed by atoms with Gasteiger partial charge >= 0.3 is 5.97 Å². The van der Waals surface area contributed by atoms with Crippen molar-refractivity contribution in [3.63, 3.8) is 0 Å². The first-order chi connectivity index (χ1) is 16.0. The number of nitrogens with zero attached hydrogens (tertiary/aromatic N) is 1. The van der Waals surface area contributed by atoms with E-state index in [1.807, 2.05) is 6.92 Å². The van der Waals surface area contributed by atoms with E-state index in [1.165, 1.54) is 12.3 Å². The first-order valence-electron chi connectivity index (χ1n) is 10.4. The summed E-state index contributed by atoms with van der Waals surface area (Å²) in [5.74, 6) is -0.511. The van der Waals surface area contributed by atoms with Gasteiger partial charge in [0.05, 0.1) is 16.6 Å². The number of pyridine rings is 1. The molecule has 1 N–H and O–H groups in total. The predicted octanol–water partition coefficient (Wildman–Crippen LogP) is 6.56. The maximum absolute atomic E-state index is 13.0. The minimum atomic E-state index is -0.612. The van der Waals surface area contributed by atoms with Gasteiger partial charge in [-0.15, -0.1) is 0 Å². The second-order valence-electron chi connectivity index (χ2n) is 8.45. The summed E-state index contributed by atoms with van der Waals surface area (Å²) in [5.41, 5.74) is 0.648. The van der Waals surface area contributed by atoms with E-state index in [4.69, 9.17) is 37.7 Å². The summed E-state index contributed by atoms with van der Waals surface area (Å²) in [6, 6.07) is 14.5. The molecule has 0 radical (unpaired) electrons. The average molecular weight is 503 g/mol. The van der Waals surface area contributed by atoms with E-state index in [2.05, 4.69) is 10.3 Å². The number of aromatic nitrogens is 1. The van der Waals surface area contributed by atoms with Crippen LogP contribution < -0.4 is 10.1 Å². The van der Waals surface area contributed by atoms with Crippen LogP contribution in [-0.4, -0.2) is 22.5 Å². The molecule has 7 nitrogen and oxygen atoms in total. The van der Waals surface area contributed by atoms with Gasteiger partial charge in [0, 0.05) is 11.2 Å². The van der Waals surface area contributed by atoms with Crippen molar-refractivity contribution in [2.45, 2.75) is 39.3 Å². The molecule has 34 heavy (non-hydrogen) atoms. The first-order valence-corrected chi connectivity index (χ1v) is 11.2. The van der Waals surface area contributed by atoms with Crippen molar-refractivity contribution in [2.24, 2.45) is 0 Å². The highest BCUT2D eigenvalue weighted by Gasteiger charge is 2.20. The molecule has 1 amide bonds. The van der Waals surface area contributed by atoms with Gasteiger partial charge in [0.25, 0.3) is 5.91 Å². The largest absolute Gasteiger partial charge is 0.438 e. The second kappa shape index (κ2) is 10.9. The topological polar surface area (TPSA) is 86.8 Å². The Morgan fingerprint density at radius 1 is 1.00 bits per heavy atom. The lowest BCUT2D eigenvalue weighted by atomic mass is 10.1. The molecule has 0 aliphatic carbocycles. The quantitative estimate of drug-likeness (QED) is 0.290. The number of ether oxygens (including phenoxy) is 1. The Balaban J connectivity index is 1.71. The van der Waals surface area contributed by atoms with E-state index < -0.39 is 17.5 Å². The van der Waals surface area contributed by atoms with Crippen molar-refractivity contribution in [2.75, 3.05) is 0 Å². The van der Waals surface area contributed by atoms with Gasteiger partial charge in [-0.05, 0) is 69.7 Å². The maximum atomic E-state index is 13.0. The van der Waals surface area contributed by atoms with E-state index in [1.54, 1.807) is 69.3 Å². The zero-order chi connectivity index (χ0) is 24.9. The van der Waals surface area contributed by atoms with Crippen LogP contribution in [0.25, 0.3) is 0 Å². The molecule has 0 aliphatic rings. The van der Waals surface area contributed by atoms with E-state index in [9.17, 15) is 9.59 Å². The third kappa shape index (κ3) is 7.18. The Kier molecular flexibility index (Phi) is 8.15. The van der Waals surface area contributed by atoms with Crippen LogP contribution in [0.15, 0.2) is 60.8 Å². The minimum Gasteiger partial charge on any atom is -0.438 e. The van der Waals surface area contributed by atoms with E-state index in [0.29, 0.717) is 16.3 Å². The van der Waals surface area contributed by atoms with Crippen molar-refractivity contribution >= 4 is 35.1 Å². The highest BCUT2D eigenvalue weighted by Crippen LogP contribution is 2.28. The van der Waals surface area contributed by atoms with Gasteiger partial charge in [-0.2, -0.15) is 4.89 Å². The summed E-state index contributed by atoms with van der Waals surface area (Å²) < 4.78 is 5.76. The van der Waals surface area contributed by atoms with Gasteiger partial charge in [-0.3, -0.25) is 9.68 Å². The van der Waals surface area contributed by atoms with Crippen molar-refractivity contribution in [3.8, 4) is 11.6 Å². The van der Waals surface area contributed by atoms with Crippen molar-refractivity contribution in [3.05, 3.63) is 87.5 Å². The molecule has 0 saturated carbocycles. The molecular formula is C25H24Cl2N2O5. The van der Waals surface area contributed by atoms with Gasteiger partial charge in [0.2, 0.25) is 5.88 Å². The lowest BCUT2D eigenvalue weighted by molar-refractivity contribution is -0.301. The number of carbonyl (C=O) groups is 2. The summed E-state index contributed by atoms with van der Waals surface area (Å²) >= 11 is 12.1. The first kappa shape index (κ1) is 25.5. The molecule has 1 heterocycles. The highest BCUT2D eigenvalue weighted by atomic mass is 35.5. The van der Waals surface area contributed by atoms with Crippen LogP contribution in [0.4, 0.5) is 0 Å². The maximum Gasteiger partial charge on any atom is 0.373 e. The molecule has 0 spiro atoms. The number of rotatable bonds is 7. The van der Waals surface area contributed by atoms with Crippen molar-refractivity contribution in [1.29, 1.82) is 0 Å². The van der Waals surface area contributed by atoms with Crippen LogP contribution in [0.1, 0.15) is 60.0 Å². The number of hydrogen-bond acceptors (Lipinski definition) is 6. The normalized spacial score (nSPS) is 12.1. The molecule has 1 aromatic heterocycles. The fraction of sp³-hybridized carbons (Fsp3) is 0.240. The smallest absolute Gasteiger partial charge is 0.373 e. The lowest BCUT2D eigenvalue weighted by Crippen LogP contribution is -2.27. The molecule has 0 aliphatic heterocycles. The lowest BCUT2D eigenvalue weighted by Gasteiger charge is -2.17. The summed E-state index contributed by atoms with van der Waals surface area (Å²) in [6.45, 7) is 7.13. The number of carbonyl (C=O) groups excluding carboxylic acids is 2. The Morgan fingerprint density at radius 2 is 1.71 bits per heavy atom. The standard InChI is InChI=1S/C25H24Cl2N2O5/c1-15(16-8-10-17(11-9-16)24(31)33-34-25(2,3)4)29-22(30)21-13-19(27)14-28-23(21)32-20-7-5-6-18(26)12-20/h5-15H,1-4H3,(H,29,30)/t15-/m0/s1. The summed E-state index contributed by atoms with van der Waals surface area (Å²) in [5, 5.41) is 3.66. The molecule has 0 fully saturated rings. The zero-order valence-electron chi connectivity index (χ0n) is 19.1. The fourth-order valence-electron chi connectivity index (χ4n) is 2.79. The van der Waals surface area contributed by atoms with E-state index in [0.717, 1.165) is 5.56 Å². The molecule has 3 aromatic rings. The Morgan fingerprint density at radius 3 is 2.35 bits per heavy atom. The Labute approximate surface area is 207 Å². The fourth-order valence-corrected chi connectivity index (χ4v) is 3.13. The molecule has 1 atom stereocenters. The molecular weight excluding hydrogens is 479 g/mol. The zero-order valence-corrected chi connectivity index (χ0v) is 20.6. The average Bonchev–Trinajstić information content (AvgIpc) is 2.78. The highest BCUT2D eigenvalue weighted by molar-refractivity contribution is 6.31. The number of hydrogen-bond donors (Lipinski definition) is 1. The molecule has 0 bridgehead atoms. The third-order valence-electron chi connectivity index (χ3n) is 4.43. The number of halogens is 2. The van der Waals surface area contributed by atoms with Crippen LogP contribution in [0.3, 0.4) is 0 Å². The Hall–Kier alpha value is -3.13. The summed E-state index contributed by atoms with van der Waals surface area (Å²) in [7, 11) is 0. The van der Waals surface area contributed by atoms with Gasteiger partial charge in [0.1, 0.15) is 16.9 Å². The predicted molar refractivity (Wildman–Crippen MR) is 129 cm³/mol. The monoisotopic (exact) mass is 502 g/mol. The molecule has 0 saturated heterocycles. The van der Waals surface area contributed by atoms with Crippen LogP contribution in [0.2, 0.25) is 10.0 Å². The minimum absolute atomic E-state index is 0.0910. The van der Waals surface area contributed by atoms with E-state index >= 15 is 0 Å². The van der Waals surface area contributed by atoms with Gasteiger partial charge < -0.3 is 10.1 Å². The second-order valence-corrected chi connectivity index (χ2v) is 9.32. The summed E-state index contributed by atoms with van der Waals surface area (Å²) in [4.78, 5) is 39.2. The van der Waals surface area contributed by atoms with Crippen LogP contribution in [0.5, 0.6) is 11.6 Å².